The summed E-state index contributed by atoms with van der Waals surface area (Å²) in [6.45, 7) is 14.0. The van der Waals surface area contributed by atoms with Gasteiger partial charge in [0.25, 0.3) is 0 Å². The Kier molecular flexibility index (Phi) is 59.4. The van der Waals surface area contributed by atoms with Crippen LogP contribution >= 0.6 is 15.6 Å². The van der Waals surface area contributed by atoms with Crippen molar-refractivity contribution in [1.29, 1.82) is 0 Å². The fraction of sp³-hybridized carbons (Fsp3) is 0.944. The van der Waals surface area contributed by atoms with E-state index in [0.29, 0.717) is 37.5 Å². The Labute approximate surface area is 549 Å². The average Bonchev–Trinajstić information content (AvgIpc) is 2.33. The van der Waals surface area contributed by atoms with Gasteiger partial charge in [-0.25, -0.2) is 9.13 Å². The lowest BCUT2D eigenvalue weighted by molar-refractivity contribution is -0.161. The molecule has 5 atom stereocenters. The number of carbonyl (C=O) groups is 4. The number of phosphoric acid groups is 2. The topological polar surface area (TPSA) is 237 Å². The molecule has 2 unspecified atom stereocenters. The zero-order valence-electron chi connectivity index (χ0n) is 58.8. The highest BCUT2D eigenvalue weighted by Gasteiger charge is 2.30. The highest BCUT2D eigenvalue weighted by Crippen LogP contribution is 2.45. The highest BCUT2D eigenvalue weighted by atomic mass is 31.2. The molecule has 0 radical (unpaired) electrons. The molecular formula is C71H138O17P2. The van der Waals surface area contributed by atoms with Crippen LogP contribution in [0.4, 0.5) is 0 Å². The van der Waals surface area contributed by atoms with Gasteiger partial charge in [0.15, 0.2) is 12.2 Å². The number of unbranched alkanes of at least 4 members (excludes halogenated alkanes) is 34. The molecule has 0 saturated heterocycles. The first kappa shape index (κ1) is 88.1. The van der Waals surface area contributed by atoms with Gasteiger partial charge in [0.2, 0.25) is 0 Å². The van der Waals surface area contributed by atoms with Gasteiger partial charge in [0.1, 0.15) is 19.3 Å². The molecule has 0 aromatic heterocycles. The van der Waals surface area contributed by atoms with Crippen LogP contribution in [0.5, 0.6) is 0 Å². The van der Waals surface area contributed by atoms with Crippen molar-refractivity contribution in [2.75, 3.05) is 39.6 Å². The number of phosphoric ester groups is 2. The smallest absolute Gasteiger partial charge is 0.462 e. The third-order valence-corrected chi connectivity index (χ3v) is 18.2. The maximum Gasteiger partial charge on any atom is 0.472 e. The van der Waals surface area contributed by atoms with Crippen molar-refractivity contribution in [3.05, 3.63) is 0 Å². The zero-order chi connectivity index (χ0) is 66.8. The first-order valence-corrected chi connectivity index (χ1v) is 39.7. The predicted molar refractivity (Wildman–Crippen MR) is 363 cm³/mol. The minimum Gasteiger partial charge on any atom is -0.462 e. The van der Waals surface area contributed by atoms with Gasteiger partial charge in [0, 0.05) is 25.7 Å². The van der Waals surface area contributed by atoms with E-state index in [1.165, 1.54) is 148 Å². The lowest BCUT2D eigenvalue weighted by atomic mass is 10.0. The minimum atomic E-state index is -4.95. The number of aliphatic hydroxyl groups excluding tert-OH is 1. The summed E-state index contributed by atoms with van der Waals surface area (Å²) in [5.41, 5.74) is 0. The van der Waals surface area contributed by atoms with Crippen molar-refractivity contribution in [2.24, 2.45) is 23.7 Å². The van der Waals surface area contributed by atoms with E-state index in [2.05, 4.69) is 55.4 Å². The van der Waals surface area contributed by atoms with Gasteiger partial charge in [-0.2, -0.15) is 0 Å². The summed E-state index contributed by atoms with van der Waals surface area (Å²) in [5, 5.41) is 10.6. The van der Waals surface area contributed by atoms with Gasteiger partial charge in [-0.1, -0.05) is 299 Å². The maximum atomic E-state index is 13.0. The molecule has 0 aromatic carbocycles. The van der Waals surface area contributed by atoms with E-state index in [4.69, 9.17) is 37.0 Å². The van der Waals surface area contributed by atoms with E-state index in [0.717, 1.165) is 108 Å². The normalized spacial score (nSPS) is 14.3. The number of hydrogen-bond donors (Lipinski definition) is 3. The third-order valence-electron chi connectivity index (χ3n) is 16.3. The summed E-state index contributed by atoms with van der Waals surface area (Å²) in [6, 6.07) is 0. The van der Waals surface area contributed by atoms with Crippen molar-refractivity contribution in [1.82, 2.24) is 0 Å². The van der Waals surface area contributed by atoms with Crippen LogP contribution in [0.3, 0.4) is 0 Å². The monoisotopic (exact) mass is 1320 g/mol. The van der Waals surface area contributed by atoms with Crippen molar-refractivity contribution in [3.63, 3.8) is 0 Å². The Morgan fingerprint density at radius 2 is 0.467 bits per heavy atom. The summed E-state index contributed by atoms with van der Waals surface area (Å²) in [6.07, 6.45) is 43.3. The molecule has 17 nitrogen and oxygen atoms in total. The van der Waals surface area contributed by atoms with E-state index in [1.807, 2.05) is 0 Å². The molecule has 3 N–H and O–H groups in total. The van der Waals surface area contributed by atoms with Crippen LogP contribution in [-0.2, 0) is 65.4 Å². The maximum absolute atomic E-state index is 13.0. The molecule has 0 spiro atoms. The summed E-state index contributed by atoms with van der Waals surface area (Å²) in [7, 11) is -9.90. The number of aliphatic hydroxyl groups is 1. The number of hydrogen-bond acceptors (Lipinski definition) is 15. The largest absolute Gasteiger partial charge is 0.472 e. The van der Waals surface area contributed by atoms with Crippen molar-refractivity contribution >= 4 is 39.5 Å². The number of esters is 4. The van der Waals surface area contributed by atoms with E-state index >= 15 is 0 Å². The molecule has 0 heterocycles. The summed E-state index contributed by atoms with van der Waals surface area (Å²) in [5.74, 6) is 0.812. The lowest BCUT2D eigenvalue weighted by Crippen LogP contribution is -2.30. The van der Waals surface area contributed by atoms with Crippen LogP contribution < -0.4 is 0 Å². The lowest BCUT2D eigenvalue weighted by Gasteiger charge is -2.21. The second-order valence-electron chi connectivity index (χ2n) is 27.5. The van der Waals surface area contributed by atoms with Crippen molar-refractivity contribution in [3.8, 4) is 0 Å². The van der Waals surface area contributed by atoms with Gasteiger partial charge in [-0.15, -0.1) is 0 Å². The molecule has 90 heavy (non-hydrogen) atoms. The molecule has 0 bridgehead atoms. The molecule has 0 aliphatic rings. The van der Waals surface area contributed by atoms with Gasteiger partial charge in [0.05, 0.1) is 26.4 Å². The van der Waals surface area contributed by atoms with Gasteiger partial charge in [-0.05, 0) is 49.4 Å². The SMILES string of the molecule is CC(C)CCCCCCCCCCCCCCCC(=O)O[C@H](COC(=O)CCCCCCCCCCCCCCC(C)C)COP(=O)(O)OC[C@@H](O)COP(=O)(O)OC[C@@H](COC(=O)CCCCCCCCC(C)C)OC(=O)CCCCCCCCCC(C)C. The molecule has 0 amide bonds. The zero-order valence-corrected chi connectivity index (χ0v) is 60.6. The van der Waals surface area contributed by atoms with Crippen LogP contribution in [0.15, 0.2) is 0 Å². The number of carbonyl (C=O) groups excluding carboxylic acids is 4. The molecular weight excluding hydrogens is 1190 g/mol. The van der Waals surface area contributed by atoms with Gasteiger partial charge in [-0.3, -0.25) is 37.3 Å². The Balaban J connectivity index is 5.24. The minimum absolute atomic E-state index is 0.102. The van der Waals surface area contributed by atoms with E-state index in [1.54, 1.807) is 0 Å². The Morgan fingerprint density at radius 3 is 0.689 bits per heavy atom. The quantitative estimate of drug-likeness (QED) is 0.0222. The average molecular weight is 1330 g/mol. The molecule has 0 fully saturated rings. The summed E-state index contributed by atoms with van der Waals surface area (Å²) < 4.78 is 68.3. The van der Waals surface area contributed by atoms with Crippen LogP contribution in [-0.4, -0.2) is 96.7 Å². The fourth-order valence-corrected chi connectivity index (χ4v) is 12.2. The fourth-order valence-electron chi connectivity index (χ4n) is 10.7. The van der Waals surface area contributed by atoms with Crippen molar-refractivity contribution in [2.45, 2.75) is 369 Å². The number of ether oxygens (including phenoxy) is 4. The van der Waals surface area contributed by atoms with E-state index < -0.39 is 97.5 Å². The molecule has 19 heteroatoms. The summed E-state index contributed by atoms with van der Waals surface area (Å²) >= 11 is 0. The second kappa shape index (κ2) is 60.7. The summed E-state index contributed by atoms with van der Waals surface area (Å²) in [4.78, 5) is 72.5. The Bertz CT molecular complexity index is 1780. The molecule has 0 aliphatic carbocycles. The van der Waals surface area contributed by atoms with E-state index in [9.17, 15) is 43.2 Å². The number of rotatable bonds is 68. The first-order chi connectivity index (χ1) is 43.1. The predicted octanol–water partition coefficient (Wildman–Crippen LogP) is 20.1. The molecule has 0 rings (SSSR count). The Hall–Kier alpha value is -1.94. The van der Waals surface area contributed by atoms with Crippen LogP contribution in [0.2, 0.25) is 0 Å². The van der Waals surface area contributed by atoms with Crippen LogP contribution in [0.1, 0.15) is 351 Å². The van der Waals surface area contributed by atoms with Gasteiger partial charge < -0.3 is 33.8 Å². The molecule has 0 saturated carbocycles. The molecule has 534 valence electrons. The second-order valence-corrected chi connectivity index (χ2v) is 30.4. The van der Waals surface area contributed by atoms with Gasteiger partial charge >= 0.3 is 39.5 Å². The Morgan fingerprint density at radius 1 is 0.278 bits per heavy atom. The van der Waals surface area contributed by atoms with Crippen molar-refractivity contribution < 1.29 is 80.2 Å². The molecule has 0 aliphatic heterocycles. The van der Waals surface area contributed by atoms with Crippen LogP contribution in [0, 0.1) is 23.7 Å². The third kappa shape index (κ3) is 64.8. The van der Waals surface area contributed by atoms with E-state index in [-0.39, 0.29) is 25.7 Å². The highest BCUT2D eigenvalue weighted by molar-refractivity contribution is 7.47. The standard InChI is InChI=1S/C71H138O17P2/c1-61(2)47-39-31-23-18-14-10-9-11-17-21-27-37-45-53-70(75)87-66(57-81-68(73)51-43-35-26-20-16-13-12-15-19-24-32-40-48-62(3)4)59-85-89(77,78)83-55-65(72)56-84-90(79,80)86-60-67(58-82-69(74)52-44-36-30-29-34-42-50-64(7)8)88-71(76)54-46-38-28-22-25-33-41-49-63(5)6/h61-67,72H,9-60H2,1-8H3,(H,77,78)(H,79,80)/t65-,66-,67-/m1/s1. The molecule has 0 aromatic rings. The first-order valence-electron chi connectivity index (χ1n) is 36.7. The van der Waals surface area contributed by atoms with Crippen LogP contribution in [0.25, 0.3) is 0 Å².